The lowest BCUT2D eigenvalue weighted by atomic mass is 10.4. The molecule has 1 N–H and O–H groups in total. The number of nitrogens with one attached hydrogen (secondary N) is 1. The summed E-state index contributed by atoms with van der Waals surface area (Å²) < 4.78 is 2.18. The number of hydrogen-bond acceptors (Lipinski definition) is 3. The van der Waals surface area contributed by atoms with Gasteiger partial charge in [-0.05, 0) is 29.8 Å². The van der Waals surface area contributed by atoms with Gasteiger partial charge in [-0.15, -0.1) is 0 Å². The Balaban J connectivity index is 2.70. The van der Waals surface area contributed by atoms with E-state index in [1.807, 2.05) is 13.8 Å². The molecular weight excluding hydrogens is 260 g/mol. The van der Waals surface area contributed by atoms with E-state index in [1.54, 1.807) is 10.9 Å². The SMILES string of the molecule is Cc1ncn(-c2nc[nH]c(=O)c2Br)c1C. The quantitative estimate of drug-likeness (QED) is 0.849. The predicted molar refractivity (Wildman–Crippen MR) is 59.2 cm³/mol. The van der Waals surface area contributed by atoms with E-state index in [9.17, 15) is 4.79 Å². The van der Waals surface area contributed by atoms with E-state index in [0.29, 0.717) is 10.3 Å². The number of aryl methyl sites for hydroxylation is 1. The highest BCUT2D eigenvalue weighted by Gasteiger charge is 2.10. The third kappa shape index (κ3) is 1.61. The number of halogens is 1. The van der Waals surface area contributed by atoms with Crippen molar-refractivity contribution in [3.8, 4) is 5.82 Å². The number of imidazole rings is 1. The van der Waals surface area contributed by atoms with E-state index in [4.69, 9.17) is 0 Å². The average molecular weight is 269 g/mol. The van der Waals surface area contributed by atoms with Crippen molar-refractivity contribution in [2.24, 2.45) is 0 Å². The van der Waals surface area contributed by atoms with Crippen molar-refractivity contribution in [1.29, 1.82) is 0 Å². The molecule has 0 aliphatic heterocycles. The van der Waals surface area contributed by atoms with Crippen LogP contribution in [-0.4, -0.2) is 19.5 Å². The summed E-state index contributed by atoms with van der Waals surface area (Å²) in [6.45, 7) is 3.84. The lowest BCUT2D eigenvalue weighted by molar-refractivity contribution is 0.915. The van der Waals surface area contributed by atoms with Crippen molar-refractivity contribution in [3.05, 3.63) is 38.9 Å². The van der Waals surface area contributed by atoms with Crippen molar-refractivity contribution in [2.75, 3.05) is 0 Å². The summed E-state index contributed by atoms with van der Waals surface area (Å²) in [7, 11) is 0. The van der Waals surface area contributed by atoms with E-state index in [-0.39, 0.29) is 5.56 Å². The zero-order valence-corrected chi connectivity index (χ0v) is 9.87. The molecular formula is C9H9BrN4O. The van der Waals surface area contributed by atoms with Crippen LogP contribution < -0.4 is 5.56 Å². The zero-order valence-electron chi connectivity index (χ0n) is 8.28. The van der Waals surface area contributed by atoms with Crippen LogP contribution in [0.2, 0.25) is 0 Å². The number of aromatic amines is 1. The second-order valence-electron chi connectivity index (χ2n) is 3.15. The van der Waals surface area contributed by atoms with Gasteiger partial charge in [-0.3, -0.25) is 9.36 Å². The molecule has 2 heterocycles. The van der Waals surface area contributed by atoms with Crippen molar-refractivity contribution in [2.45, 2.75) is 13.8 Å². The first kappa shape index (κ1) is 10.1. The number of H-pyrrole nitrogens is 1. The summed E-state index contributed by atoms with van der Waals surface area (Å²) in [6.07, 6.45) is 3.02. The fourth-order valence-corrected chi connectivity index (χ4v) is 1.66. The van der Waals surface area contributed by atoms with Gasteiger partial charge in [0.1, 0.15) is 10.8 Å². The maximum absolute atomic E-state index is 11.4. The van der Waals surface area contributed by atoms with Gasteiger partial charge < -0.3 is 4.98 Å². The molecule has 0 spiro atoms. The van der Waals surface area contributed by atoms with Crippen LogP contribution in [0.5, 0.6) is 0 Å². The molecule has 0 radical (unpaired) electrons. The first-order valence-electron chi connectivity index (χ1n) is 4.35. The lowest BCUT2D eigenvalue weighted by Crippen LogP contribution is -2.12. The molecule has 0 fully saturated rings. The third-order valence-electron chi connectivity index (χ3n) is 2.26. The van der Waals surface area contributed by atoms with Crippen LogP contribution in [0.1, 0.15) is 11.4 Å². The Labute approximate surface area is 94.3 Å². The number of aromatic nitrogens is 4. The fourth-order valence-electron chi connectivity index (χ4n) is 1.25. The summed E-state index contributed by atoms with van der Waals surface area (Å²) in [5, 5.41) is 0. The van der Waals surface area contributed by atoms with Gasteiger partial charge in [0, 0.05) is 5.69 Å². The third-order valence-corrected chi connectivity index (χ3v) is 2.97. The number of nitrogens with zero attached hydrogens (tertiary/aromatic N) is 3. The summed E-state index contributed by atoms with van der Waals surface area (Å²) in [6, 6.07) is 0. The van der Waals surface area contributed by atoms with Gasteiger partial charge in [-0.1, -0.05) is 0 Å². The topological polar surface area (TPSA) is 63.6 Å². The largest absolute Gasteiger partial charge is 0.312 e. The van der Waals surface area contributed by atoms with Gasteiger partial charge in [0.25, 0.3) is 5.56 Å². The summed E-state index contributed by atoms with van der Waals surface area (Å²) >= 11 is 3.21. The highest BCUT2D eigenvalue weighted by molar-refractivity contribution is 9.10. The molecule has 0 saturated carbocycles. The first-order valence-corrected chi connectivity index (χ1v) is 5.14. The Morgan fingerprint density at radius 1 is 1.40 bits per heavy atom. The molecule has 0 saturated heterocycles. The first-order chi connectivity index (χ1) is 7.11. The van der Waals surface area contributed by atoms with Gasteiger partial charge in [-0.25, -0.2) is 9.97 Å². The van der Waals surface area contributed by atoms with Crippen LogP contribution in [0, 0.1) is 13.8 Å². The van der Waals surface area contributed by atoms with Gasteiger partial charge in [-0.2, -0.15) is 0 Å². The van der Waals surface area contributed by atoms with Crippen LogP contribution >= 0.6 is 15.9 Å². The average Bonchev–Trinajstić information content (AvgIpc) is 2.53. The van der Waals surface area contributed by atoms with Crippen LogP contribution in [0.15, 0.2) is 21.9 Å². The minimum Gasteiger partial charge on any atom is -0.312 e. The molecule has 0 amide bonds. The molecule has 5 nitrogen and oxygen atoms in total. The minimum absolute atomic E-state index is 0.203. The van der Waals surface area contributed by atoms with Crippen LogP contribution in [0.3, 0.4) is 0 Å². The van der Waals surface area contributed by atoms with Gasteiger partial charge in [0.2, 0.25) is 0 Å². The monoisotopic (exact) mass is 268 g/mol. The molecule has 0 aliphatic rings. The molecule has 0 atom stereocenters. The van der Waals surface area contributed by atoms with Gasteiger partial charge in [0.05, 0.1) is 12.0 Å². The van der Waals surface area contributed by atoms with Crippen LogP contribution in [0.4, 0.5) is 0 Å². The number of hydrogen-bond donors (Lipinski definition) is 1. The van der Waals surface area contributed by atoms with Crippen molar-refractivity contribution < 1.29 is 0 Å². The second-order valence-corrected chi connectivity index (χ2v) is 3.95. The standard InChI is InChI=1S/C9H9BrN4O/c1-5-6(2)14(4-13-5)8-7(10)9(15)12-3-11-8/h3-4H,1-2H3,(H,11,12,15). The minimum atomic E-state index is -0.203. The van der Waals surface area contributed by atoms with E-state index in [0.717, 1.165) is 11.4 Å². The molecule has 0 aliphatic carbocycles. The van der Waals surface area contributed by atoms with E-state index in [1.165, 1.54) is 6.33 Å². The summed E-state index contributed by atoms with van der Waals surface area (Å²) in [5.74, 6) is 0.553. The molecule has 2 rings (SSSR count). The molecule has 6 heteroatoms. The Bertz CT molecular complexity index is 557. The van der Waals surface area contributed by atoms with Crippen LogP contribution in [0.25, 0.3) is 5.82 Å². The van der Waals surface area contributed by atoms with Crippen LogP contribution in [-0.2, 0) is 0 Å². The highest BCUT2D eigenvalue weighted by atomic mass is 79.9. The molecule has 2 aromatic heterocycles. The summed E-state index contributed by atoms with van der Waals surface area (Å²) in [5.41, 5.74) is 1.68. The Morgan fingerprint density at radius 2 is 2.13 bits per heavy atom. The van der Waals surface area contributed by atoms with Gasteiger partial charge >= 0.3 is 0 Å². The Morgan fingerprint density at radius 3 is 2.73 bits per heavy atom. The highest BCUT2D eigenvalue weighted by Crippen LogP contribution is 2.16. The Hall–Kier alpha value is -1.43. The lowest BCUT2D eigenvalue weighted by Gasteiger charge is -2.05. The molecule has 0 aromatic carbocycles. The Kier molecular flexibility index (Phi) is 2.44. The van der Waals surface area contributed by atoms with E-state index >= 15 is 0 Å². The van der Waals surface area contributed by atoms with E-state index in [2.05, 4.69) is 30.9 Å². The van der Waals surface area contributed by atoms with E-state index < -0.39 is 0 Å². The maximum Gasteiger partial charge on any atom is 0.267 e. The van der Waals surface area contributed by atoms with Crippen molar-refractivity contribution in [1.82, 2.24) is 19.5 Å². The normalized spacial score (nSPS) is 10.6. The second kappa shape index (κ2) is 3.62. The molecule has 0 unspecified atom stereocenters. The molecule has 78 valence electrons. The van der Waals surface area contributed by atoms with Gasteiger partial charge in [0.15, 0.2) is 5.82 Å². The molecule has 0 bridgehead atoms. The summed E-state index contributed by atoms with van der Waals surface area (Å²) in [4.78, 5) is 22.1. The van der Waals surface area contributed by atoms with Crippen molar-refractivity contribution >= 4 is 15.9 Å². The fraction of sp³-hybridized carbons (Fsp3) is 0.222. The smallest absolute Gasteiger partial charge is 0.267 e. The van der Waals surface area contributed by atoms with Crippen molar-refractivity contribution in [3.63, 3.8) is 0 Å². The maximum atomic E-state index is 11.4. The predicted octanol–water partition coefficient (Wildman–Crippen LogP) is 1.33. The molecule has 2 aromatic rings. The number of rotatable bonds is 1. The zero-order chi connectivity index (χ0) is 11.0. The molecule has 15 heavy (non-hydrogen) atoms.